The van der Waals surface area contributed by atoms with Crippen molar-refractivity contribution in [1.82, 2.24) is 0 Å². The summed E-state index contributed by atoms with van der Waals surface area (Å²) in [6.07, 6.45) is 17.7. The molecule has 0 nitrogen and oxygen atoms in total. The van der Waals surface area contributed by atoms with Gasteiger partial charge in [0.2, 0.25) is 0 Å². The highest BCUT2D eigenvalue weighted by molar-refractivity contribution is 6.55. The van der Waals surface area contributed by atoms with Crippen molar-refractivity contribution in [1.29, 1.82) is 0 Å². The van der Waals surface area contributed by atoms with Crippen LogP contribution in [0.15, 0.2) is 0 Å². The zero-order chi connectivity index (χ0) is 12.8. The third-order valence-electron chi connectivity index (χ3n) is 3.53. The van der Waals surface area contributed by atoms with Crippen LogP contribution >= 0.6 is 0 Å². The van der Waals surface area contributed by atoms with E-state index >= 15 is 0 Å². The Bertz CT molecular complexity index is 131. The maximum atomic E-state index is 2.43. The van der Waals surface area contributed by atoms with Gasteiger partial charge in [-0.15, -0.1) is 0 Å². The first-order valence-corrected chi connectivity index (χ1v) is 10.8. The molecule has 0 atom stereocenters. The second-order valence-electron chi connectivity index (χ2n) is 5.85. The van der Waals surface area contributed by atoms with Crippen molar-refractivity contribution in [3.05, 3.63) is 0 Å². The van der Waals surface area contributed by atoms with Crippen molar-refractivity contribution < 1.29 is 0 Å². The van der Waals surface area contributed by atoms with Crippen LogP contribution in [0.2, 0.25) is 19.1 Å². The minimum absolute atomic E-state index is 0.0535. The van der Waals surface area contributed by atoms with Gasteiger partial charge >= 0.3 is 0 Å². The molecule has 0 rings (SSSR count). The molecule has 0 heterocycles. The lowest BCUT2D eigenvalue weighted by Gasteiger charge is -2.03. The Labute approximate surface area is 112 Å². The summed E-state index contributed by atoms with van der Waals surface area (Å²) in [6, 6.07) is 1.53. The van der Waals surface area contributed by atoms with E-state index in [1.54, 1.807) is 0 Å². The lowest BCUT2D eigenvalue weighted by molar-refractivity contribution is 0.547. The summed E-state index contributed by atoms with van der Waals surface area (Å²) < 4.78 is 0. The lowest BCUT2D eigenvalue weighted by Crippen LogP contribution is -1.97. The number of rotatable bonds is 13. The van der Waals surface area contributed by atoms with Gasteiger partial charge in [0.25, 0.3) is 0 Å². The van der Waals surface area contributed by atoms with E-state index in [0.717, 1.165) is 0 Å². The van der Waals surface area contributed by atoms with Gasteiger partial charge in [-0.2, -0.15) is 0 Å². The van der Waals surface area contributed by atoms with Gasteiger partial charge in [-0.3, -0.25) is 0 Å². The summed E-state index contributed by atoms with van der Waals surface area (Å²) >= 11 is 0. The van der Waals surface area contributed by atoms with Crippen LogP contribution in [0.25, 0.3) is 0 Å². The van der Waals surface area contributed by atoms with Gasteiger partial charge in [0.1, 0.15) is 0 Å². The van der Waals surface area contributed by atoms with Crippen molar-refractivity contribution in [2.45, 2.75) is 103 Å². The molecule has 0 saturated heterocycles. The molecule has 0 aromatic rings. The molecule has 1 radical (unpaired) electrons. The fraction of sp³-hybridized carbons (Fsp3) is 1.00. The standard InChI is InChI=1S/C16H35Si/c1-4-5-6-7-8-9-10-11-12-13-14-15-16-17(2)3/h4-16H2,1-3H3. The molecule has 0 aliphatic carbocycles. The summed E-state index contributed by atoms with van der Waals surface area (Å²) in [6.45, 7) is 7.16. The Hall–Kier alpha value is 0.217. The van der Waals surface area contributed by atoms with Crippen LogP contribution < -0.4 is 0 Å². The zero-order valence-electron chi connectivity index (χ0n) is 12.7. The minimum atomic E-state index is 0.0535. The summed E-state index contributed by atoms with van der Waals surface area (Å²) in [5.41, 5.74) is 0. The SMILES string of the molecule is CCCCCCCCCCCCCC[Si](C)C. The number of hydrogen-bond donors (Lipinski definition) is 0. The van der Waals surface area contributed by atoms with E-state index in [1.165, 1.54) is 83.1 Å². The molecule has 0 aliphatic rings. The molecule has 0 aromatic carbocycles. The second-order valence-corrected chi connectivity index (χ2v) is 8.76. The summed E-state index contributed by atoms with van der Waals surface area (Å²) in [7, 11) is 0.0535. The first-order chi connectivity index (χ1) is 8.27. The monoisotopic (exact) mass is 255 g/mol. The van der Waals surface area contributed by atoms with Crippen LogP contribution in [-0.4, -0.2) is 8.80 Å². The van der Waals surface area contributed by atoms with Crippen molar-refractivity contribution in [3.8, 4) is 0 Å². The molecule has 0 unspecified atom stereocenters. The smallest absolute Gasteiger partial charge is 0.0412 e. The highest BCUT2D eigenvalue weighted by Crippen LogP contribution is 2.12. The van der Waals surface area contributed by atoms with Crippen molar-refractivity contribution in [2.24, 2.45) is 0 Å². The molecule has 0 aliphatic heterocycles. The predicted molar refractivity (Wildman–Crippen MR) is 83.4 cm³/mol. The van der Waals surface area contributed by atoms with Crippen LogP contribution in [0, 0.1) is 0 Å². The van der Waals surface area contributed by atoms with Crippen LogP contribution in [0.3, 0.4) is 0 Å². The van der Waals surface area contributed by atoms with Crippen molar-refractivity contribution >= 4 is 8.80 Å². The maximum absolute atomic E-state index is 2.43. The second kappa shape index (κ2) is 14.3. The molecule has 1 heteroatoms. The third-order valence-corrected chi connectivity index (χ3v) is 4.88. The lowest BCUT2D eigenvalue weighted by atomic mass is 10.1. The molecule has 0 fully saturated rings. The van der Waals surface area contributed by atoms with E-state index in [0.29, 0.717) is 0 Å². The van der Waals surface area contributed by atoms with E-state index in [4.69, 9.17) is 0 Å². The van der Waals surface area contributed by atoms with Gasteiger partial charge in [-0.25, -0.2) is 0 Å². The Morgan fingerprint density at radius 3 is 1.24 bits per heavy atom. The van der Waals surface area contributed by atoms with Crippen LogP contribution in [-0.2, 0) is 0 Å². The Morgan fingerprint density at radius 1 is 0.529 bits per heavy atom. The molecule has 0 bridgehead atoms. The highest BCUT2D eigenvalue weighted by atomic mass is 28.3. The molecule has 0 aromatic heterocycles. The van der Waals surface area contributed by atoms with Crippen LogP contribution in [0.5, 0.6) is 0 Å². The van der Waals surface area contributed by atoms with Gasteiger partial charge in [-0.1, -0.05) is 103 Å². The fourth-order valence-electron chi connectivity index (χ4n) is 2.32. The molecule has 0 amide bonds. The topological polar surface area (TPSA) is 0 Å². The normalized spacial score (nSPS) is 11.3. The maximum Gasteiger partial charge on any atom is 0.0412 e. The molecule has 0 saturated carbocycles. The first-order valence-electron chi connectivity index (χ1n) is 8.06. The average molecular weight is 256 g/mol. The highest BCUT2D eigenvalue weighted by Gasteiger charge is 1.96. The van der Waals surface area contributed by atoms with E-state index in [9.17, 15) is 0 Å². The van der Waals surface area contributed by atoms with Crippen LogP contribution in [0.4, 0.5) is 0 Å². The molecule has 0 spiro atoms. The predicted octanol–water partition coefficient (Wildman–Crippen LogP) is 6.44. The molecule has 103 valence electrons. The first kappa shape index (κ1) is 17.2. The van der Waals surface area contributed by atoms with Gasteiger partial charge in [0.05, 0.1) is 0 Å². The summed E-state index contributed by atoms with van der Waals surface area (Å²) in [5, 5.41) is 0. The van der Waals surface area contributed by atoms with Gasteiger partial charge < -0.3 is 0 Å². The molecular formula is C16H35Si. The van der Waals surface area contributed by atoms with E-state index in [-0.39, 0.29) is 8.80 Å². The number of hydrogen-bond acceptors (Lipinski definition) is 0. The fourth-order valence-corrected chi connectivity index (χ4v) is 3.28. The largest absolute Gasteiger partial charge is 0.0713 e. The summed E-state index contributed by atoms with van der Waals surface area (Å²) in [5.74, 6) is 0. The average Bonchev–Trinajstić information content (AvgIpc) is 2.30. The number of unbranched alkanes of at least 4 members (excludes halogenated alkanes) is 11. The molecular weight excluding hydrogens is 220 g/mol. The van der Waals surface area contributed by atoms with E-state index in [1.807, 2.05) is 0 Å². The van der Waals surface area contributed by atoms with Crippen molar-refractivity contribution in [2.75, 3.05) is 0 Å². The zero-order valence-corrected chi connectivity index (χ0v) is 13.7. The van der Waals surface area contributed by atoms with Gasteiger partial charge in [-0.05, 0) is 0 Å². The molecule has 17 heavy (non-hydrogen) atoms. The van der Waals surface area contributed by atoms with E-state index < -0.39 is 0 Å². The van der Waals surface area contributed by atoms with Gasteiger partial charge in [0, 0.05) is 8.80 Å². The van der Waals surface area contributed by atoms with Gasteiger partial charge in [0.15, 0.2) is 0 Å². The van der Waals surface area contributed by atoms with Crippen LogP contribution in [0.1, 0.15) is 84.0 Å². The quantitative estimate of drug-likeness (QED) is 0.262. The third kappa shape index (κ3) is 16.2. The Kier molecular flexibility index (Phi) is 14.5. The molecule has 0 N–H and O–H groups in total. The minimum Gasteiger partial charge on any atom is -0.0713 e. The van der Waals surface area contributed by atoms with E-state index in [2.05, 4.69) is 20.0 Å². The van der Waals surface area contributed by atoms with Crippen molar-refractivity contribution in [3.63, 3.8) is 0 Å². The Morgan fingerprint density at radius 2 is 0.882 bits per heavy atom. The Balaban J connectivity index is 2.89. The summed E-state index contributed by atoms with van der Waals surface area (Å²) in [4.78, 5) is 0.